The lowest BCUT2D eigenvalue weighted by molar-refractivity contribution is -0.253. The summed E-state index contributed by atoms with van der Waals surface area (Å²) >= 11 is 0. The number of aliphatic hydroxyl groups is 1. The molecule has 8 nitrogen and oxygen atoms in total. The number of hydrogen-bond donors (Lipinski definition) is 1. The van der Waals surface area contributed by atoms with Gasteiger partial charge in [0, 0.05) is 31.6 Å². The fourth-order valence-electron chi connectivity index (χ4n) is 6.42. The Morgan fingerprint density at radius 1 is 0.711 bits per heavy atom. The molecule has 0 radical (unpaired) electrons. The summed E-state index contributed by atoms with van der Waals surface area (Å²) < 4.78 is 18.7. The third-order valence-electron chi connectivity index (χ3n) is 8.90. The van der Waals surface area contributed by atoms with Crippen LogP contribution in [0.1, 0.15) is 61.8 Å². The number of nitrogens with zero attached hydrogens (tertiary/aromatic N) is 2. The van der Waals surface area contributed by atoms with Crippen LogP contribution in [-0.2, 0) is 27.4 Å². The highest BCUT2D eigenvalue weighted by Crippen LogP contribution is 2.39. The van der Waals surface area contributed by atoms with E-state index in [-0.39, 0.29) is 37.2 Å². The maximum atomic E-state index is 13.0. The minimum Gasteiger partial charge on any atom is -0.392 e. The molecule has 4 aromatic rings. The van der Waals surface area contributed by atoms with Crippen molar-refractivity contribution in [1.82, 2.24) is 9.80 Å². The molecule has 3 aliphatic rings. The number of hydrogen-bond acceptors (Lipinski definition) is 7. The number of imide groups is 1. The van der Waals surface area contributed by atoms with Crippen LogP contribution >= 0.6 is 0 Å². The molecule has 0 aromatic heterocycles. The van der Waals surface area contributed by atoms with Gasteiger partial charge in [0.25, 0.3) is 11.8 Å². The van der Waals surface area contributed by atoms with Gasteiger partial charge in [-0.15, -0.1) is 0 Å². The molecule has 3 atom stereocenters. The maximum absolute atomic E-state index is 13.0. The molecule has 0 bridgehead atoms. The van der Waals surface area contributed by atoms with Crippen LogP contribution in [0.15, 0.2) is 97.1 Å². The van der Waals surface area contributed by atoms with Crippen molar-refractivity contribution in [2.24, 2.45) is 0 Å². The number of benzene rings is 4. The molecule has 0 aliphatic carbocycles. The molecule has 45 heavy (non-hydrogen) atoms. The smallest absolute Gasteiger partial charge is 0.261 e. The lowest BCUT2D eigenvalue weighted by Gasteiger charge is -2.39. The summed E-state index contributed by atoms with van der Waals surface area (Å²) in [6.45, 7) is 4.23. The largest absolute Gasteiger partial charge is 0.392 e. The highest BCUT2D eigenvalue weighted by atomic mass is 16.7. The number of fused-ring (bicyclic) bond motifs is 1. The molecule has 1 N–H and O–H groups in total. The van der Waals surface area contributed by atoms with Crippen LogP contribution in [0.4, 0.5) is 0 Å². The minimum atomic E-state index is -0.546. The predicted molar refractivity (Wildman–Crippen MR) is 168 cm³/mol. The zero-order chi connectivity index (χ0) is 30.8. The second-order valence-electron chi connectivity index (χ2n) is 11.8. The van der Waals surface area contributed by atoms with Crippen LogP contribution in [0, 0.1) is 0 Å². The highest BCUT2D eigenvalue weighted by Gasteiger charge is 2.36. The molecule has 230 valence electrons. The molecule has 2 saturated heterocycles. The number of morpholine rings is 1. The lowest BCUT2D eigenvalue weighted by Crippen LogP contribution is -2.44. The standard InChI is InChI=1S/C37H36N2O6/c40-24-25-9-11-27(12-10-25)34-21-30(23-38-17-19-43-20-18-38)44-37(45-34)28-15-13-26(14-16-28)31-6-2-1-5-29(31)22-39-35(41)32-7-3-4-8-33(32)36(39)42/h1-16,30,34,37,40H,17-24H2. The van der Waals surface area contributed by atoms with Gasteiger partial charge >= 0.3 is 0 Å². The van der Waals surface area contributed by atoms with E-state index in [0.717, 1.165) is 72.6 Å². The van der Waals surface area contributed by atoms with Crippen molar-refractivity contribution in [3.05, 3.63) is 130 Å². The van der Waals surface area contributed by atoms with Crippen molar-refractivity contribution in [3.8, 4) is 11.1 Å². The Labute approximate surface area is 262 Å². The van der Waals surface area contributed by atoms with Crippen molar-refractivity contribution >= 4 is 11.8 Å². The normalized spacial score (nSPS) is 22.1. The molecule has 2 amide bonds. The topological polar surface area (TPSA) is 88.5 Å². The fraction of sp³-hybridized carbons (Fsp3) is 0.297. The first kappa shape index (κ1) is 29.5. The van der Waals surface area contributed by atoms with E-state index in [1.54, 1.807) is 24.3 Å². The number of ether oxygens (including phenoxy) is 3. The van der Waals surface area contributed by atoms with Crippen LogP contribution in [0.25, 0.3) is 11.1 Å². The molecule has 3 aliphatic heterocycles. The Bertz CT molecular complexity index is 1630. The summed E-state index contributed by atoms with van der Waals surface area (Å²) in [4.78, 5) is 29.8. The predicted octanol–water partition coefficient (Wildman–Crippen LogP) is 5.52. The molecular formula is C37H36N2O6. The van der Waals surface area contributed by atoms with E-state index in [2.05, 4.69) is 4.90 Å². The van der Waals surface area contributed by atoms with Crippen LogP contribution < -0.4 is 0 Å². The average Bonchev–Trinajstić information content (AvgIpc) is 3.33. The number of rotatable bonds is 8. The Balaban J connectivity index is 1.11. The summed E-state index contributed by atoms with van der Waals surface area (Å²) in [6, 6.07) is 30.9. The van der Waals surface area contributed by atoms with Gasteiger partial charge in [-0.3, -0.25) is 19.4 Å². The van der Waals surface area contributed by atoms with Gasteiger partial charge in [0.2, 0.25) is 0 Å². The molecule has 2 fully saturated rings. The van der Waals surface area contributed by atoms with Gasteiger partial charge in [0.15, 0.2) is 6.29 Å². The van der Waals surface area contributed by atoms with Gasteiger partial charge in [-0.1, -0.05) is 84.9 Å². The van der Waals surface area contributed by atoms with E-state index in [1.807, 2.05) is 72.8 Å². The number of carbonyl (C=O) groups excluding carboxylic acids is 2. The second-order valence-corrected chi connectivity index (χ2v) is 11.8. The summed E-state index contributed by atoms with van der Waals surface area (Å²) in [6.07, 6.45) is 0.0113. The quantitative estimate of drug-likeness (QED) is 0.265. The average molecular weight is 605 g/mol. The Morgan fingerprint density at radius 3 is 2.00 bits per heavy atom. The fourth-order valence-corrected chi connectivity index (χ4v) is 6.42. The van der Waals surface area contributed by atoms with Crippen molar-refractivity contribution in [1.29, 1.82) is 0 Å². The lowest BCUT2D eigenvalue weighted by atomic mass is 9.97. The molecule has 4 aromatic carbocycles. The summed E-state index contributed by atoms with van der Waals surface area (Å²) in [5.74, 6) is -0.529. The van der Waals surface area contributed by atoms with E-state index < -0.39 is 6.29 Å². The molecule has 3 heterocycles. The molecular weight excluding hydrogens is 568 g/mol. The molecule has 0 spiro atoms. The third kappa shape index (κ3) is 6.20. The van der Waals surface area contributed by atoms with Crippen LogP contribution in [0.5, 0.6) is 0 Å². The van der Waals surface area contributed by atoms with E-state index in [9.17, 15) is 14.7 Å². The van der Waals surface area contributed by atoms with Crippen molar-refractivity contribution in [2.75, 3.05) is 32.8 Å². The van der Waals surface area contributed by atoms with E-state index in [4.69, 9.17) is 14.2 Å². The monoisotopic (exact) mass is 604 g/mol. The summed E-state index contributed by atoms with van der Waals surface area (Å²) in [5, 5.41) is 9.51. The number of amides is 2. The van der Waals surface area contributed by atoms with Gasteiger partial charge in [-0.2, -0.15) is 0 Å². The van der Waals surface area contributed by atoms with E-state index in [0.29, 0.717) is 11.1 Å². The number of aliphatic hydroxyl groups excluding tert-OH is 1. The van der Waals surface area contributed by atoms with E-state index in [1.165, 1.54) is 4.90 Å². The molecule has 3 unspecified atom stereocenters. The van der Waals surface area contributed by atoms with Gasteiger partial charge in [0.05, 0.1) is 49.7 Å². The Morgan fingerprint density at radius 2 is 1.33 bits per heavy atom. The maximum Gasteiger partial charge on any atom is 0.261 e. The molecule has 0 saturated carbocycles. The first-order valence-electron chi connectivity index (χ1n) is 15.5. The number of carbonyl (C=O) groups is 2. The highest BCUT2D eigenvalue weighted by molar-refractivity contribution is 6.21. The van der Waals surface area contributed by atoms with Gasteiger partial charge < -0.3 is 19.3 Å². The van der Waals surface area contributed by atoms with Crippen molar-refractivity contribution < 1.29 is 28.9 Å². The van der Waals surface area contributed by atoms with Gasteiger partial charge in [0.1, 0.15) is 0 Å². The SMILES string of the molecule is O=C1c2ccccc2C(=O)N1Cc1ccccc1-c1ccc(C2OC(CN3CCOCC3)CC(c3ccc(CO)cc3)O2)cc1. The second kappa shape index (κ2) is 13.0. The van der Waals surface area contributed by atoms with Crippen LogP contribution in [0.2, 0.25) is 0 Å². The first-order chi connectivity index (χ1) is 22.1. The van der Waals surface area contributed by atoms with Crippen molar-refractivity contribution in [3.63, 3.8) is 0 Å². The summed E-state index contributed by atoms with van der Waals surface area (Å²) in [7, 11) is 0. The zero-order valence-corrected chi connectivity index (χ0v) is 25.0. The van der Waals surface area contributed by atoms with Crippen LogP contribution in [-0.4, -0.2) is 65.7 Å². The molecule has 7 rings (SSSR count). The Hall–Kier alpha value is -4.18. The van der Waals surface area contributed by atoms with Crippen LogP contribution in [0.3, 0.4) is 0 Å². The summed E-state index contributed by atoms with van der Waals surface area (Å²) in [5.41, 5.74) is 6.57. The first-order valence-corrected chi connectivity index (χ1v) is 15.5. The molecule has 8 heteroatoms. The van der Waals surface area contributed by atoms with Gasteiger partial charge in [-0.25, -0.2) is 0 Å². The van der Waals surface area contributed by atoms with Gasteiger partial charge in [-0.05, 0) is 39.9 Å². The Kier molecular flexibility index (Phi) is 8.56. The minimum absolute atomic E-state index is 0.00493. The zero-order valence-electron chi connectivity index (χ0n) is 25.0. The van der Waals surface area contributed by atoms with E-state index >= 15 is 0 Å². The van der Waals surface area contributed by atoms with Crippen molar-refractivity contribution in [2.45, 2.75) is 38.1 Å². The third-order valence-corrected chi connectivity index (χ3v) is 8.90.